The quantitative estimate of drug-likeness (QED) is 0.917. The van der Waals surface area contributed by atoms with Crippen molar-refractivity contribution >= 4 is 10.8 Å². The Morgan fingerprint density at radius 2 is 2.15 bits per heavy atom. The number of nitrogens with one attached hydrogen (secondary N) is 1. The van der Waals surface area contributed by atoms with Crippen molar-refractivity contribution in [3.05, 3.63) is 28.2 Å². The van der Waals surface area contributed by atoms with Crippen molar-refractivity contribution in [3.8, 4) is 11.5 Å². The molecule has 0 radical (unpaired) electrons. The first-order valence-corrected chi connectivity index (χ1v) is 6.50. The van der Waals surface area contributed by atoms with Crippen LogP contribution in [0.15, 0.2) is 16.9 Å². The van der Waals surface area contributed by atoms with Crippen molar-refractivity contribution in [2.45, 2.75) is 19.4 Å². The lowest BCUT2D eigenvalue weighted by atomic mass is 10.1. The first-order chi connectivity index (χ1) is 9.69. The van der Waals surface area contributed by atoms with Crippen molar-refractivity contribution in [2.24, 2.45) is 0 Å². The molecule has 0 unspecified atom stereocenters. The van der Waals surface area contributed by atoms with Crippen LogP contribution in [-0.2, 0) is 4.74 Å². The van der Waals surface area contributed by atoms with Gasteiger partial charge in [0.25, 0.3) is 5.56 Å². The average molecular weight is 276 g/mol. The topological polar surface area (TPSA) is 73.4 Å². The summed E-state index contributed by atoms with van der Waals surface area (Å²) in [4.78, 5) is 11.9. The number of aromatic amines is 1. The number of rotatable bonds is 3. The number of hydrogen-bond donors (Lipinski definition) is 1. The lowest BCUT2D eigenvalue weighted by Gasteiger charge is -2.15. The van der Waals surface area contributed by atoms with Gasteiger partial charge >= 0.3 is 0 Å². The van der Waals surface area contributed by atoms with Gasteiger partial charge in [0.1, 0.15) is 6.10 Å². The Morgan fingerprint density at radius 1 is 1.35 bits per heavy atom. The van der Waals surface area contributed by atoms with Crippen molar-refractivity contribution in [1.29, 1.82) is 0 Å². The molecule has 6 heteroatoms. The van der Waals surface area contributed by atoms with Crippen molar-refractivity contribution in [2.75, 3.05) is 20.3 Å². The fourth-order valence-corrected chi connectivity index (χ4v) is 2.34. The highest BCUT2D eigenvalue weighted by atomic mass is 16.6. The second-order valence-corrected chi connectivity index (χ2v) is 4.79. The third-order valence-electron chi connectivity index (χ3n) is 3.44. The summed E-state index contributed by atoms with van der Waals surface area (Å²) in [6.07, 6.45) is 0.843. The van der Waals surface area contributed by atoms with Crippen molar-refractivity contribution in [1.82, 2.24) is 10.2 Å². The van der Waals surface area contributed by atoms with Gasteiger partial charge in [0.2, 0.25) is 0 Å². The van der Waals surface area contributed by atoms with Crippen LogP contribution in [0.2, 0.25) is 0 Å². The Labute approximate surface area is 115 Å². The van der Waals surface area contributed by atoms with Gasteiger partial charge in [-0.3, -0.25) is 4.79 Å². The highest BCUT2D eigenvalue weighted by molar-refractivity contribution is 5.86. The molecule has 2 heterocycles. The molecule has 0 aliphatic carbocycles. The van der Waals surface area contributed by atoms with Crippen LogP contribution in [0.4, 0.5) is 0 Å². The Bertz CT molecular complexity index is 689. The summed E-state index contributed by atoms with van der Waals surface area (Å²) in [6.45, 7) is 3.10. The molecule has 106 valence electrons. The van der Waals surface area contributed by atoms with Crippen LogP contribution in [0.25, 0.3) is 10.8 Å². The SMILES string of the molecule is COc1cc2c(C)n[nH]c(=O)c2cc1O[C@H]1CCOC1. The smallest absolute Gasteiger partial charge is 0.272 e. The molecule has 1 atom stereocenters. The largest absolute Gasteiger partial charge is 0.493 e. The first kappa shape index (κ1) is 12.9. The molecule has 1 N–H and O–H groups in total. The summed E-state index contributed by atoms with van der Waals surface area (Å²) in [7, 11) is 1.58. The molecule has 20 heavy (non-hydrogen) atoms. The average Bonchev–Trinajstić information content (AvgIpc) is 2.95. The maximum absolute atomic E-state index is 11.9. The van der Waals surface area contributed by atoms with E-state index in [0.29, 0.717) is 30.1 Å². The van der Waals surface area contributed by atoms with E-state index in [4.69, 9.17) is 14.2 Å². The van der Waals surface area contributed by atoms with Gasteiger partial charge in [-0.1, -0.05) is 0 Å². The van der Waals surface area contributed by atoms with Crippen LogP contribution < -0.4 is 15.0 Å². The zero-order valence-corrected chi connectivity index (χ0v) is 11.4. The number of methoxy groups -OCH3 is 1. The number of fused-ring (bicyclic) bond motifs is 1. The number of benzene rings is 1. The van der Waals surface area contributed by atoms with Crippen LogP contribution >= 0.6 is 0 Å². The van der Waals surface area contributed by atoms with Crippen molar-refractivity contribution in [3.63, 3.8) is 0 Å². The van der Waals surface area contributed by atoms with Gasteiger partial charge in [-0.25, -0.2) is 5.10 Å². The summed E-state index contributed by atoms with van der Waals surface area (Å²) in [5, 5.41) is 7.75. The molecule has 2 aromatic rings. The van der Waals surface area contributed by atoms with E-state index in [9.17, 15) is 4.79 Å². The van der Waals surface area contributed by atoms with E-state index in [1.54, 1.807) is 19.2 Å². The number of aromatic nitrogens is 2. The minimum absolute atomic E-state index is 0.00312. The zero-order chi connectivity index (χ0) is 14.1. The van der Waals surface area contributed by atoms with Gasteiger partial charge in [-0.2, -0.15) is 5.10 Å². The predicted octanol–water partition coefficient (Wildman–Crippen LogP) is 1.41. The molecular formula is C14H16N2O4. The van der Waals surface area contributed by atoms with Gasteiger partial charge in [0.05, 0.1) is 31.4 Å². The van der Waals surface area contributed by atoms with Gasteiger partial charge in [-0.15, -0.1) is 0 Å². The molecule has 1 aliphatic rings. The maximum atomic E-state index is 11.9. The van der Waals surface area contributed by atoms with Gasteiger partial charge in [0.15, 0.2) is 11.5 Å². The summed E-state index contributed by atoms with van der Waals surface area (Å²) in [6, 6.07) is 3.50. The Morgan fingerprint density at radius 3 is 2.85 bits per heavy atom. The molecule has 1 aromatic carbocycles. The lowest BCUT2D eigenvalue weighted by molar-refractivity contribution is 0.139. The van der Waals surface area contributed by atoms with E-state index in [-0.39, 0.29) is 11.7 Å². The van der Waals surface area contributed by atoms with Crippen LogP contribution in [0, 0.1) is 6.92 Å². The van der Waals surface area contributed by atoms with E-state index in [1.807, 2.05) is 6.92 Å². The van der Waals surface area contributed by atoms with Crippen LogP contribution in [0.1, 0.15) is 12.1 Å². The Balaban J connectivity index is 2.10. The minimum Gasteiger partial charge on any atom is -0.493 e. The maximum Gasteiger partial charge on any atom is 0.272 e. The second kappa shape index (κ2) is 5.13. The number of nitrogens with zero attached hydrogens (tertiary/aromatic N) is 1. The van der Waals surface area contributed by atoms with Crippen LogP contribution in [0.5, 0.6) is 11.5 Å². The van der Waals surface area contributed by atoms with Gasteiger partial charge in [-0.05, 0) is 19.1 Å². The first-order valence-electron chi connectivity index (χ1n) is 6.50. The standard InChI is InChI=1S/C14H16N2O4/c1-8-10-5-12(18-2)13(20-9-3-4-19-7-9)6-11(10)14(17)16-15-8/h5-6,9H,3-4,7H2,1-2H3,(H,16,17)/t9-/m0/s1. The van der Waals surface area contributed by atoms with Crippen LogP contribution in [-0.4, -0.2) is 36.6 Å². The Kier molecular flexibility index (Phi) is 3.31. The van der Waals surface area contributed by atoms with E-state index in [2.05, 4.69) is 10.2 Å². The lowest BCUT2D eigenvalue weighted by Crippen LogP contribution is -2.17. The van der Waals surface area contributed by atoms with Gasteiger partial charge < -0.3 is 14.2 Å². The second-order valence-electron chi connectivity index (χ2n) is 4.79. The molecule has 1 fully saturated rings. The highest BCUT2D eigenvalue weighted by Crippen LogP contribution is 2.33. The Hall–Kier alpha value is -2.08. The zero-order valence-electron chi connectivity index (χ0n) is 11.4. The fraction of sp³-hybridized carbons (Fsp3) is 0.429. The summed E-state index contributed by atoms with van der Waals surface area (Å²) in [5.74, 6) is 1.16. The number of ether oxygens (including phenoxy) is 3. The molecular weight excluding hydrogens is 260 g/mol. The van der Waals surface area contributed by atoms with E-state index in [0.717, 1.165) is 17.5 Å². The molecule has 0 bridgehead atoms. The van der Waals surface area contributed by atoms with E-state index >= 15 is 0 Å². The molecule has 1 aliphatic heterocycles. The monoisotopic (exact) mass is 276 g/mol. The molecule has 0 spiro atoms. The van der Waals surface area contributed by atoms with Gasteiger partial charge in [0, 0.05) is 11.8 Å². The molecule has 0 saturated carbocycles. The highest BCUT2D eigenvalue weighted by Gasteiger charge is 2.20. The summed E-state index contributed by atoms with van der Waals surface area (Å²) in [5.41, 5.74) is 0.509. The predicted molar refractivity (Wildman–Crippen MR) is 73.5 cm³/mol. The third-order valence-corrected chi connectivity index (χ3v) is 3.44. The third kappa shape index (κ3) is 2.22. The normalized spacial score (nSPS) is 18.4. The molecule has 3 rings (SSSR count). The fourth-order valence-electron chi connectivity index (χ4n) is 2.34. The molecule has 1 saturated heterocycles. The van der Waals surface area contributed by atoms with Crippen LogP contribution in [0.3, 0.4) is 0 Å². The van der Waals surface area contributed by atoms with Crippen molar-refractivity contribution < 1.29 is 14.2 Å². The minimum atomic E-state index is -0.235. The number of hydrogen-bond acceptors (Lipinski definition) is 5. The summed E-state index contributed by atoms with van der Waals surface area (Å²) < 4.78 is 16.5. The number of H-pyrrole nitrogens is 1. The molecule has 1 aromatic heterocycles. The van der Waals surface area contributed by atoms with E-state index in [1.165, 1.54) is 0 Å². The summed E-state index contributed by atoms with van der Waals surface area (Å²) >= 11 is 0. The number of aryl methyl sites for hydroxylation is 1. The molecule has 0 amide bonds. The molecule has 6 nitrogen and oxygen atoms in total. The van der Waals surface area contributed by atoms with E-state index < -0.39 is 0 Å².